The van der Waals surface area contributed by atoms with E-state index in [1.807, 2.05) is 0 Å². The lowest BCUT2D eigenvalue weighted by Crippen LogP contribution is -2.39. The zero-order chi connectivity index (χ0) is 12.3. The highest BCUT2D eigenvalue weighted by molar-refractivity contribution is 5.68. The maximum absolute atomic E-state index is 13.4. The molecule has 0 aliphatic rings. The fraction of sp³-hybridized carbons (Fsp3) is 0.417. The van der Waals surface area contributed by atoms with E-state index in [-0.39, 0.29) is 12.2 Å². The molecule has 1 aromatic rings. The van der Waals surface area contributed by atoms with Gasteiger partial charge < -0.3 is 10.4 Å². The van der Waals surface area contributed by atoms with Gasteiger partial charge in [-0.25, -0.2) is 4.39 Å². The SMILES string of the molecule is CNC(C)(CC(=O)O)c1ccc(C)c(F)c1. The molecule has 4 heteroatoms. The number of rotatable bonds is 4. The fourth-order valence-corrected chi connectivity index (χ4v) is 1.57. The third-order valence-corrected chi connectivity index (χ3v) is 2.87. The molecule has 0 aliphatic carbocycles. The van der Waals surface area contributed by atoms with E-state index in [0.717, 1.165) is 0 Å². The Balaban J connectivity index is 3.12. The predicted octanol–water partition coefficient (Wildman–Crippen LogP) is 2.04. The Hall–Kier alpha value is -1.42. The van der Waals surface area contributed by atoms with Crippen LogP contribution in [0.5, 0.6) is 0 Å². The number of hydrogen-bond acceptors (Lipinski definition) is 2. The van der Waals surface area contributed by atoms with E-state index in [0.29, 0.717) is 11.1 Å². The van der Waals surface area contributed by atoms with Crippen LogP contribution in [-0.2, 0) is 10.3 Å². The molecule has 0 radical (unpaired) electrons. The van der Waals surface area contributed by atoms with Crippen molar-refractivity contribution in [1.29, 1.82) is 0 Å². The second-order valence-corrected chi connectivity index (χ2v) is 4.12. The lowest BCUT2D eigenvalue weighted by Gasteiger charge is -2.28. The summed E-state index contributed by atoms with van der Waals surface area (Å²) in [5, 5.41) is 11.8. The van der Waals surface area contributed by atoms with Gasteiger partial charge in [0.2, 0.25) is 0 Å². The topological polar surface area (TPSA) is 49.3 Å². The van der Waals surface area contributed by atoms with Gasteiger partial charge in [-0.15, -0.1) is 0 Å². The van der Waals surface area contributed by atoms with Crippen LogP contribution in [0.3, 0.4) is 0 Å². The minimum atomic E-state index is -0.919. The van der Waals surface area contributed by atoms with Gasteiger partial charge in [0.1, 0.15) is 5.82 Å². The number of carbonyl (C=O) groups is 1. The van der Waals surface area contributed by atoms with E-state index in [4.69, 9.17) is 5.11 Å². The van der Waals surface area contributed by atoms with Crippen LogP contribution in [-0.4, -0.2) is 18.1 Å². The van der Waals surface area contributed by atoms with E-state index in [1.54, 1.807) is 33.0 Å². The predicted molar refractivity (Wildman–Crippen MR) is 59.8 cm³/mol. The first-order valence-electron chi connectivity index (χ1n) is 5.06. The van der Waals surface area contributed by atoms with Crippen LogP contribution in [0.2, 0.25) is 0 Å². The number of carboxylic acids is 1. The van der Waals surface area contributed by atoms with E-state index < -0.39 is 11.5 Å². The van der Waals surface area contributed by atoms with E-state index in [9.17, 15) is 9.18 Å². The maximum atomic E-state index is 13.4. The average Bonchev–Trinajstić information content (AvgIpc) is 2.21. The zero-order valence-corrected chi connectivity index (χ0v) is 9.67. The van der Waals surface area contributed by atoms with Crippen LogP contribution in [0, 0.1) is 12.7 Å². The van der Waals surface area contributed by atoms with E-state index >= 15 is 0 Å². The van der Waals surface area contributed by atoms with Gasteiger partial charge in [0, 0.05) is 0 Å². The lowest BCUT2D eigenvalue weighted by molar-refractivity contribution is -0.138. The Labute approximate surface area is 94.3 Å². The second-order valence-electron chi connectivity index (χ2n) is 4.12. The number of aryl methyl sites for hydroxylation is 1. The molecule has 1 atom stereocenters. The Morgan fingerprint density at radius 1 is 1.56 bits per heavy atom. The van der Waals surface area contributed by atoms with Crippen LogP contribution in [0.1, 0.15) is 24.5 Å². The van der Waals surface area contributed by atoms with Crippen molar-refractivity contribution < 1.29 is 14.3 Å². The molecule has 0 heterocycles. The zero-order valence-electron chi connectivity index (χ0n) is 9.67. The molecule has 16 heavy (non-hydrogen) atoms. The van der Waals surface area contributed by atoms with Crippen molar-refractivity contribution in [2.45, 2.75) is 25.8 Å². The molecule has 88 valence electrons. The molecule has 3 nitrogen and oxygen atoms in total. The van der Waals surface area contributed by atoms with Crippen molar-refractivity contribution in [3.05, 3.63) is 35.1 Å². The van der Waals surface area contributed by atoms with E-state index in [1.165, 1.54) is 6.07 Å². The van der Waals surface area contributed by atoms with Crippen molar-refractivity contribution in [2.75, 3.05) is 7.05 Å². The summed E-state index contributed by atoms with van der Waals surface area (Å²) in [7, 11) is 1.67. The first-order valence-corrected chi connectivity index (χ1v) is 5.06. The summed E-state index contributed by atoms with van der Waals surface area (Å²) < 4.78 is 13.4. The van der Waals surface area contributed by atoms with Crippen LogP contribution in [0.15, 0.2) is 18.2 Å². The lowest BCUT2D eigenvalue weighted by atomic mass is 9.88. The van der Waals surface area contributed by atoms with Crippen LogP contribution >= 0.6 is 0 Å². The molecule has 1 unspecified atom stereocenters. The number of carboxylic acid groups (broad SMARTS) is 1. The largest absolute Gasteiger partial charge is 0.481 e. The number of benzene rings is 1. The quantitative estimate of drug-likeness (QED) is 0.824. The summed E-state index contributed by atoms with van der Waals surface area (Å²) >= 11 is 0. The standard InChI is InChI=1S/C12H16FNO2/c1-8-4-5-9(6-10(8)13)12(2,14-3)7-11(15)16/h4-6,14H,7H2,1-3H3,(H,15,16). The summed E-state index contributed by atoms with van der Waals surface area (Å²) in [6.45, 7) is 3.41. The summed E-state index contributed by atoms with van der Waals surface area (Å²) in [5.41, 5.74) is 0.443. The molecule has 0 spiro atoms. The van der Waals surface area contributed by atoms with Crippen molar-refractivity contribution in [2.24, 2.45) is 0 Å². The summed E-state index contributed by atoms with van der Waals surface area (Å²) in [4.78, 5) is 10.8. The fourth-order valence-electron chi connectivity index (χ4n) is 1.57. The number of hydrogen-bond donors (Lipinski definition) is 2. The van der Waals surface area contributed by atoms with Gasteiger partial charge >= 0.3 is 5.97 Å². The van der Waals surface area contributed by atoms with Gasteiger partial charge in [-0.3, -0.25) is 4.79 Å². The van der Waals surface area contributed by atoms with Gasteiger partial charge in [0.05, 0.1) is 12.0 Å². The van der Waals surface area contributed by atoms with Crippen LogP contribution < -0.4 is 5.32 Å². The first kappa shape index (κ1) is 12.6. The normalized spacial score (nSPS) is 14.5. The van der Waals surface area contributed by atoms with Gasteiger partial charge in [-0.1, -0.05) is 12.1 Å². The smallest absolute Gasteiger partial charge is 0.305 e. The molecule has 0 fully saturated rings. The van der Waals surface area contributed by atoms with Crippen LogP contribution in [0.25, 0.3) is 0 Å². The molecule has 0 amide bonds. The Morgan fingerprint density at radius 3 is 2.62 bits per heavy atom. The summed E-state index contributed by atoms with van der Waals surface area (Å²) in [6.07, 6.45) is -0.0913. The van der Waals surface area contributed by atoms with Gasteiger partial charge in [-0.05, 0) is 38.1 Å². The Kier molecular flexibility index (Phi) is 3.65. The molecule has 0 saturated heterocycles. The van der Waals surface area contributed by atoms with Crippen molar-refractivity contribution >= 4 is 5.97 Å². The second kappa shape index (κ2) is 4.61. The molecular weight excluding hydrogens is 209 g/mol. The Morgan fingerprint density at radius 2 is 2.19 bits per heavy atom. The molecule has 0 aromatic heterocycles. The monoisotopic (exact) mass is 225 g/mol. The van der Waals surface area contributed by atoms with E-state index in [2.05, 4.69) is 5.32 Å². The summed E-state index contributed by atoms with van der Waals surface area (Å²) in [5.74, 6) is -1.23. The molecule has 1 aromatic carbocycles. The number of aliphatic carboxylic acids is 1. The molecule has 0 aliphatic heterocycles. The average molecular weight is 225 g/mol. The van der Waals surface area contributed by atoms with Gasteiger partial charge in [0.15, 0.2) is 0 Å². The van der Waals surface area contributed by atoms with Gasteiger partial charge in [-0.2, -0.15) is 0 Å². The molecule has 0 saturated carbocycles. The Bertz CT molecular complexity index is 406. The molecule has 1 rings (SSSR count). The van der Waals surface area contributed by atoms with Crippen molar-refractivity contribution in [3.8, 4) is 0 Å². The summed E-state index contributed by atoms with van der Waals surface area (Å²) in [6, 6.07) is 4.79. The van der Waals surface area contributed by atoms with Crippen molar-refractivity contribution in [3.63, 3.8) is 0 Å². The minimum absolute atomic E-state index is 0.0913. The highest BCUT2D eigenvalue weighted by Gasteiger charge is 2.28. The highest BCUT2D eigenvalue weighted by Crippen LogP contribution is 2.25. The third-order valence-electron chi connectivity index (χ3n) is 2.87. The number of nitrogens with one attached hydrogen (secondary N) is 1. The maximum Gasteiger partial charge on any atom is 0.305 e. The molecule has 2 N–H and O–H groups in total. The first-order chi connectivity index (χ1) is 7.39. The minimum Gasteiger partial charge on any atom is -0.481 e. The highest BCUT2D eigenvalue weighted by atomic mass is 19.1. The third kappa shape index (κ3) is 2.58. The van der Waals surface area contributed by atoms with Gasteiger partial charge in [0.25, 0.3) is 0 Å². The molecular formula is C12H16FNO2. The number of halogens is 1. The molecule has 0 bridgehead atoms. The van der Waals surface area contributed by atoms with Crippen LogP contribution in [0.4, 0.5) is 4.39 Å². The van der Waals surface area contributed by atoms with Crippen molar-refractivity contribution in [1.82, 2.24) is 5.32 Å².